The van der Waals surface area contributed by atoms with Gasteiger partial charge in [-0.2, -0.15) is 0 Å². The first kappa shape index (κ1) is 21.1. The van der Waals surface area contributed by atoms with Crippen LogP contribution in [-0.2, 0) is 17.6 Å². The molecule has 0 saturated heterocycles. The van der Waals surface area contributed by atoms with Crippen molar-refractivity contribution in [2.45, 2.75) is 32.2 Å². The number of aliphatic hydroxyl groups excluding tert-OH is 1. The molecule has 1 amide bonds. The van der Waals surface area contributed by atoms with Crippen molar-refractivity contribution in [1.82, 2.24) is 5.32 Å². The SMILES string of the molecule is COc1cc2c(c(OC)c1OC)-c1cc3cc(CCO)oc3cc1[C@@H](NC(C)=O)CC2. The predicted octanol–water partition coefficient (Wildman–Crippen LogP) is 3.78. The molecule has 4 rings (SSSR count). The van der Waals surface area contributed by atoms with Crippen molar-refractivity contribution in [3.63, 3.8) is 0 Å². The lowest BCUT2D eigenvalue weighted by Gasteiger charge is -2.21. The molecule has 0 aliphatic heterocycles. The van der Waals surface area contributed by atoms with Gasteiger partial charge in [-0.3, -0.25) is 4.79 Å². The molecule has 1 aliphatic rings. The summed E-state index contributed by atoms with van der Waals surface area (Å²) >= 11 is 0. The fraction of sp³-hybridized carbons (Fsp3) is 0.375. The highest BCUT2D eigenvalue weighted by molar-refractivity contribution is 5.91. The van der Waals surface area contributed by atoms with Gasteiger partial charge in [0, 0.05) is 24.3 Å². The highest BCUT2D eigenvalue weighted by atomic mass is 16.5. The summed E-state index contributed by atoms with van der Waals surface area (Å²) in [5.41, 5.74) is 4.61. The van der Waals surface area contributed by atoms with Gasteiger partial charge in [0.2, 0.25) is 11.7 Å². The van der Waals surface area contributed by atoms with Gasteiger partial charge in [-0.05, 0) is 53.8 Å². The van der Waals surface area contributed by atoms with E-state index < -0.39 is 0 Å². The van der Waals surface area contributed by atoms with Gasteiger partial charge in [0.1, 0.15) is 11.3 Å². The van der Waals surface area contributed by atoms with Crippen LogP contribution in [-0.4, -0.2) is 38.9 Å². The number of furan rings is 1. The number of amides is 1. The zero-order chi connectivity index (χ0) is 22.1. The van der Waals surface area contributed by atoms with E-state index in [0.29, 0.717) is 35.9 Å². The van der Waals surface area contributed by atoms with E-state index >= 15 is 0 Å². The van der Waals surface area contributed by atoms with E-state index in [1.807, 2.05) is 18.2 Å². The molecule has 31 heavy (non-hydrogen) atoms. The average molecular weight is 425 g/mol. The Bertz CT molecular complexity index is 1130. The van der Waals surface area contributed by atoms with E-state index in [4.69, 9.17) is 18.6 Å². The third kappa shape index (κ3) is 3.70. The molecular formula is C24H27NO6. The van der Waals surface area contributed by atoms with Crippen LogP contribution in [0.1, 0.15) is 36.3 Å². The van der Waals surface area contributed by atoms with E-state index in [9.17, 15) is 9.90 Å². The number of nitrogens with one attached hydrogen (secondary N) is 1. The number of benzene rings is 2. The van der Waals surface area contributed by atoms with Crippen LogP contribution >= 0.6 is 0 Å². The van der Waals surface area contributed by atoms with E-state index in [1.54, 1.807) is 21.3 Å². The van der Waals surface area contributed by atoms with Gasteiger partial charge < -0.3 is 29.1 Å². The number of methoxy groups -OCH3 is 3. The van der Waals surface area contributed by atoms with Gasteiger partial charge >= 0.3 is 0 Å². The number of carbonyl (C=O) groups is 1. The second-order valence-corrected chi connectivity index (χ2v) is 7.63. The molecule has 0 fully saturated rings. The molecule has 2 aromatic carbocycles. The molecule has 3 aromatic rings. The molecule has 1 atom stereocenters. The molecule has 7 heteroatoms. The first-order valence-electron chi connectivity index (χ1n) is 10.3. The predicted molar refractivity (Wildman–Crippen MR) is 117 cm³/mol. The summed E-state index contributed by atoms with van der Waals surface area (Å²) < 4.78 is 22.9. The number of rotatable bonds is 6. The number of ether oxygens (including phenoxy) is 3. The van der Waals surface area contributed by atoms with E-state index in [1.165, 1.54) is 6.92 Å². The Balaban J connectivity index is 2.03. The average Bonchev–Trinajstić information content (AvgIpc) is 3.09. The summed E-state index contributed by atoms with van der Waals surface area (Å²) in [5, 5.41) is 13.3. The van der Waals surface area contributed by atoms with Crippen molar-refractivity contribution >= 4 is 16.9 Å². The minimum absolute atomic E-state index is 0.0156. The first-order valence-corrected chi connectivity index (χ1v) is 10.3. The molecule has 1 heterocycles. The van der Waals surface area contributed by atoms with Crippen LogP contribution in [0.4, 0.5) is 0 Å². The van der Waals surface area contributed by atoms with E-state index in [2.05, 4.69) is 11.4 Å². The molecule has 7 nitrogen and oxygen atoms in total. The Morgan fingerprint density at radius 2 is 1.90 bits per heavy atom. The number of fused-ring (bicyclic) bond motifs is 4. The summed E-state index contributed by atoms with van der Waals surface area (Å²) in [5.74, 6) is 2.35. The Labute approximate surface area is 180 Å². The smallest absolute Gasteiger partial charge is 0.217 e. The van der Waals surface area contributed by atoms with Crippen LogP contribution in [0.2, 0.25) is 0 Å². The molecule has 2 N–H and O–H groups in total. The van der Waals surface area contributed by atoms with Gasteiger partial charge in [0.05, 0.1) is 34.0 Å². The normalized spacial score (nSPS) is 15.1. The Morgan fingerprint density at radius 3 is 2.55 bits per heavy atom. The van der Waals surface area contributed by atoms with Gasteiger partial charge in [-0.1, -0.05) is 0 Å². The largest absolute Gasteiger partial charge is 0.493 e. The third-order valence-corrected chi connectivity index (χ3v) is 5.73. The van der Waals surface area contributed by atoms with Gasteiger partial charge in [-0.25, -0.2) is 0 Å². The minimum Gasteiger partial charge on any atom is -0.493 e. The molecule has 0 spiro atoms. The number of hydrogen-bond acceptors (Lipinski definition) is 6. The quantitative estimate of drug-likeness (QED) is 0.625. The van der Waals surface area contributed by atoms with Crippen LogP contribution in [0.15, 0.2) is 28.7 Å². The highest BCUT2D eigenvalue weighted by Crippen LogP contribution is 2.51. The molecule has 1 aromatic heterocycles. The van der Waals surface area contributed by atoms with Gasteiger partial charge in [0.15, 0.2) is 11.5 Å². The minimum atomic E-state index is -0.183. The van der Waals surface area contributed by atoms with Crippen molar-refractivity contribution in [2.75, 3.05) is 27.9 Å². The van der Waals surface area contributed by atoms with Gasteiger partial charge in [0.25, 0.3) is 0 Å². The number of hydrogen-bond donors (Lipinski definition) is 2. The molecule has 0 saturated carbocycles. The maximum absolute atomic E-state index is 12.0. The lowest BCUT2D eigenvalue weighted by Crippen LogP contribution is -2.26. The Morgan fingerprint density at radius 1 is 1.13 bits per heavy atom. The standard InChI is InChI=1S/C24H27NO6/c1-13(27)25-19-6-5-14-11-21(28-2)23(29-3)24(30-4)22(14)18-10-15-9-16(7-8-26)31-20(15)12-17(18)19/h9-12,19,26H,5-8H2,1-4H3,(H,25,27)/t19-/m0/s1. The molecule has 164 valence electrons. The highest BCUT2D eigenvalue weighted by Gasteiger charge is 2.30. The second kappa shape index (κ2) is 8.51. The Kier molecular flexibility index (Phi) is 5.78. The number of carbonyl (C=O) groups excluding carboxylic acids is 1. The van der Waals surface area contributed by atoms with Crippen molar-refractivity contribution in [1.29, 1.82) is 0 Å². The van der Waals surface area contributed by atoms with Crippen LogP contribution in [0, 0.1) is 0 Å². The summed E-state index contributed by atoms with van der Waals surface area (Å²) in [7, 11) is 4.81. The van der Waals surface area contributed by atoms with Crippen molar-refractivity contribution < 1.29 is 28.5 Å². The van der Waals surface area contributed by atoms with Crippen LogP contribution < -0.4 is 19.5 Å². The number of aliphatic hydroxyl groups is 1. The summed E-state index contributed by atoms with van der Waals surface area (Å²) in [6.45, 7) is 1.54. The fourth-order valence-electron chi connectivity index (χ4n) is 4.45. The lowest BCUT2D eigenvalue weighted by molar-refractivity contribution is -0.119. The summed E-state index contributed by atoms with van der Waals surface area (Å²) in [4.78, 5) is 12.0. The fourth-order valence-corrected chi connectivity index (χ4v) is 4.45. The monoisotopic (exact) mass is 425 g/mol. The molecule has 0 bridgehead atoms. The summed E-state index contributed by atoms with van der Waals surface area (Å²) in [6.07, 6.45) is 1.89. The van der Waals surface area contributed by atoms with Crippen LogP contribution in [0.5, 0.6) is 17.2 Å². The van der Waals surface area contributed by atoms with Crippen LogP contribution in [0.3, 0.4) is 0 Å². The molecule has 1 aliphatic carbocycles. The first-order chi connectivity index (χ1) is 15.0. The van der Waals surface area contributed by atoms with E-state index in [-0.39, 0.29) is 18.6 Å². The van der Waals surface area contributed by atoms with Gasteiger partial charge in [-0.15, -0.1) is 0 Å². The third-order valence-electron chi connectivity index (χ3n) is 5.73. The molecule has 0 unspecified atom stereocenters. The lowest BCUT2D eigenvalue weighted by atomic mass is 9.92. The zero-order valence-corrected chi connectivity index (χ0v) is 18.2. The van der Waals surface area contributed by atoms with Crippen molar-refractivity contribution in [2.24, 2.45) is 0 Å². The topological polar surface area (TPSA) is 90.2 Å². The maximum Gasteiger partial charge on any atom is 0.217 e. The van der Waals surface area contributed by atoms with Crippen LogP contribution in [0.25, 0.3) is 22.1 Å². The number of aryl methyl sites for hydroxylation is 1. The molecular weight excluding hydrogens is 398 g/mol. The maximum atomic E-state index is 12.0. The summed E-state index contributed by atoms with van der Waals surface area (Å²) in [6, 6.07) is 7.78. The second-order valence-electron chi connectivity index (χ2n) is 7.63. The van der Waals surface area contributed by atoms with E-state index in [0.717, 1.165) is 39.6 Å². The van der Waals surface area contributed by atoms with Crippen molar-refractivity contribution in [3.05, 3.63) is 41.2 Å². The Hall–Kier alpha value is -3.19. The molecule has 0 radical (unpaired) electrons. The zero-order valence-electron chi connectivity index (χ0n) is 18.2. The van der Waals surface area contributed by atoms with Crippen molar-refractivity contribution in [3.8, 4) is 28.4 Å².